The maximum atomic E-state index is 5.90. The summed E-state index contributed by atoms with van der Waals surface area (Å²) >= 11 is 0. The van der Waals surface area contributed by atoms with E-state index in [4.69, 9.17) is 9.47 Å². The standard InChI is InChI=1S/C16H21NO2/c1-11(2)5-6-13-7-8-16(12(3)17-13)19-15-9-14(10-15)18-4/h7-8,11,14-15H,9-10H2,1-4H3. The van der Waals surface area contributed by atoms with Crippen LogP contribution in [0.3, 0.4) is 0 Å². The van der Waals surface area contributed by atoms with Gasteiger partial charge >= 0.3 is 0 Å². The van der Waals surface area contributed by atoms with Gasteiger partial charge in [-0.05, 0) is 25.0 Å². The Labute approximate surface area is 115 Å². The first-order valence-electron chi connectivity index (χ1n) is 6.77. The lowest BCUT2D eigenvalue weighted by molar-refractivity contribution is -0.0384. The van der Waals surface area contributed by atoms with Crippen LogP contribution in [0.1, 0.15) is 38.1 Å². The SMILES string of the molecule is COC1CC(Oc2ccc(C#CC(C)C)nc2C)C1. The molecule has 0 spiro atoms. The van der Waals surface area contributed by atoms with Crippen LogP contribution in [0.4, 0.5) is 0 Å². The number of hydrogen-bond donors (Lipinski definition) is 0. The Morgan fingerprint density at radius 3 is 2.58 bits per heavy atom. The summed E-state index contributed by atoms with van der Waals surface area (Å²) in [6, 6.07) is 3.89. The number of hydrogen-bond acceptors (Lipinski definition) is 3. The zero-order valence-corrected chi connectivity index (χ0v) is 12.1. The van der Waals surface area contributed by atoms with E-state index in [1.54, 1.807) is 7.11 Å². The van der Waals surface area contributed by atoms with E-state index in [2.05, 4.69) is 30.7 Å². The van der Waals surface area contributed by atoms with E-state index < -0.39 is 0 Å². The minimum absolute atomic E-state index is 0.262. The molecule has 3 nitrogen and oxygen atoms in total. The normalized spacial score (nSPS) is 21.5. The van der Waals surface area contributed by atoms with Gasteiger partial charge in [-0.1, -0.05) is 19.8 Å². The monoisotopic (exact) mass is 259 g/mol. The van der Waals surface area contributed by atoms with Crippen molar-refractivity contribution in [2.75, 3.05) is 7.11 Å². The Kier molecular flexibility index (Phi) is 4.44. The van der Waals surface area contributed by atoms with Crippen molar-refractivity contribution in [1.82, 2.24) is 4.98 Å². The highest BCUT2D eigenvalue weighted by atomic mass is 16.5. The smallest absolute Gasteiger partial charge is 0.141 e. The molecule has 0 aromatic carbocycles. The van der Waals surface area contributed by atoms with Crippen LogP contribution in [-0.4, -0.2) is 24.3 Å². The number of nitrogens with zero attached hydrogens (tertiary/aromatic N) is 1. The van der Waals surface area contributed by atoms with Crippen LogP contribution >= 0.6 is 0 Å². The van der Waals surface area contributed by atoms with Gasteiger partial charge in [-0.15, -0.1) is 0 Å². The molecular weight excluding hydrogens is 238 g/mol. The molecule has 0 aliphatic heterocycles. The second kappa shape index (κ2) is 6.08. The van der Waals surface area contributed by atoms with Crippen LogP contribution < -0.4 is 4.74 Å². The molecule has 2 rings (SSSR count). The molecule has 0 N–H and O–H groups in total. The third-order valence-corrected chi connectivity index (χ3v) is 3.20. The second-order valence-corrected chi connectivity index (χ2v) is 5.27. The molecular formula is C16H21NO2. The molecule has 102 valence electrons. The van der Waals surface area contributed by atoms with E-state index in [1.807, 2.05) is 19.1 Å². The highest BCUT2D eigenvalue weighted by molar-refractivity contribution is 5.36. The average Bonchev–Trinajstić information content (AvgIpc) is 2.32. The van der Waals surface area contributed by atoms with Crippen molar-refractivity contribution in [2.24, 2.45) is 5.92 Å². The van der Waals surface area contributed by atoms with Crippen molar-refractivity contribution in [1.29, 1.82) is 0 Å². The zero-order valence-electron chi connectivity index (χ0n) is 12.1. The summed E-state index contributed by atoms with van der Waals surface area (Å²) in [7, 11) is 1.75. The van der Waals surface area contributed by atoms with Crippen LogP contribution in [0, 0.1) is 24.7 Å². The lowest BCUT2D eigenvalue weighted by Gasteiger charge is -2.34. The van der Waals surface area contributed by atoms with E-state index in [0.29, 0.717) is 12.0 Å². The predicted octanol–water partition coefficient (Wildman–Crippen LogP) is 2.95. The Balaban J connectivity index is 1.98. The van der Waals surface area contributed by atoms with Crippen LogP contribution in [-0.2, 0) is 4.74 Å². The van der Waals surface area contributed by atoms with Gasteiger partial charge in [0.05, 0.1) is 11.8 Å². The number of ether oxygens (including phenoxy) is 2. The summed E-state index contributed by atoms with van der Waals surface area (Å²) in [6.45, 7) is 6.10. The van der Waals surface area contributed by atoms with Crippen molar-refractivity contribution >= 4 is 0 Å². The van der Waals surface area contributed by atoms with Crippen LogP contribution in [0.15, 0.2) is 12.1 Å². The van der Waals surface area contributed by atoms with E-state index in [1.165, 1.54) is 0 Å². The van der Waals surface area contributed by atoms with Crippen LogP contribution in [0.5, 0.6) is 5.75 Å². The Morgan fingerprint density at radius 1 is 1.26 bits per heavy atom. The first-order chi connectivity index (χ1) is 9.08. The molecule has 0 unspecified atom stereocenters. The Bertz CT molecular complexity index is 493. The first kappa shape index (κ1) is 13.9. The van der Waals surface area contributed by atoms with E-state index in [9.17, 15) is 0 Å². The molecule has 1 saturated carbocycles. The molecule has 19 heavy (non-hydrogen) atoms. The van der Waals surface area contributed by atoms with Gasteiger partial charge in [-0.2, -0.15) is 0 Å². The van der Waals surface area contributed by atoms with Gasteiger partial charge in [0.2, 0.25) is 0 Å². The summed E-state index contributed by atoms with van der Waals surface area (Å²) in [5.41, 5.74) is 1.71. The molecule has 0 amide bonds. The summed E-state index contributed by atoms with van der Waals surface area (Å²) in [5.74, 6) is 7.40. The van der Waals surface area contributed by atoms with Crippen molar-refractivity contribution in [3.05, 3.63) is 23.5 Å². The van der Waals surface area contributed by atoms with Crippen molar-refractivity contribution < 1.29 is 9.47 Å². The Hall–Kier alpha value is -1.53. The molecule has 1 aliphatic rings. The number of methoxy groups -OCH3 is 1. The van der Waals surface area contributed by atoms with E-state index >= 15 is 0 Å². The summed E-state index contributed by atoms with van der Waals surface area (Å²) < 4.78 is 11.1. The predicted molar refractivity (Wildman–Crippen MR) is 75.1 cm³/mol. The minimum atomic E-state index is 0.262. The highest BCUT2D eigenvalue weighted by Crippen LogP contribution is 2.28. The number of aryl methyl sites for hydroxylation is 1. The van der Waals surface area contributed by atoms with Gasteiger partial charge in [0, 0.05) is 25.9 Å². The van der Waals surface area contributed by atoms with Gasteiger partial charge in [0.15, 0.2) is 0 Å². The maximum Gasteiger partial charge on any atom is 0.141 e. The van der Waals surface area contributed by atoms with Crippen LogP contribution in [0.2, 0.25) is 0 Å². The fourth-order valence-corrected chi connectivity index (χ4v) is 1.95. The number of aromatic nitrogens is 1. The third kappa shape index (κ3) is 3.71. The summed E-state index contributed by atoms with van der Waals surface area (Å²) in [4.78, 5) is 4.47. The lowest BCUT2D eigenvalue weighted by Crippen LogP contribution is -2.39. The van der Waals surface area contributed by atoms with E-state index in [0.717, 1.165) is 30.0 Å². The fourth-order valence-electron chi connectivity index (χ4n) is 1.95. The maximum absolute atomic E-state index is 5.90. The highest BCUT2D eigenvalue weighted by Gasteiger charge is 2.31. The fraction of sp³-hybridized carbons (Fsp3) is 0.562. The molecule has 1 heterocycles. The van der Waals surface area contributed by atoms with Crippen LogP contribution in [0.25, 0.3) is 0 Å². The van der Waals surface area contributed by atoms with Crippen molar-refractivity contribution in [3.8, 4) is 17.6 Å². The lowest BCUT2D eigenvalue weighted by atomic mass is 9.92. The average molecular weight is 259 g/mol. The number of pyridine rings is 1. The Morgan fingerprint density at radius 2 is 2.00 bits per heavy atom. The van der Waals surface area contributed by atoms with Gasteiger partial charge in [0.1, 0.15) is 17.5 Å². The summed E-state index contributed by atoms with van der Waals surface area (Å²) in [5, 5.41) is 0. The van der Waals surface area contributed by atoms with Gasteiger partial charge < -0.3 is 9.47 Å². The number of rotatable bonds is 3. The molecule has 0 bridgehead atoms. The molecule has 1 aliphatic carbocycles. The molecule has 0 radical (unpaired) electrons. The quantitative estimate of drug-likeness (QED) is 0.782. The molecule has 3 heteroatoms. The molecule has 0 atom stereocenters. The topological polar surface area (TPSA) is 31.4 Å². The molecule has 1 fully saturated rings. The van der Waals surface area contributed by atoms with Crippen molar-refractivity contribution in [2.45, 2.75) is 45.8 Å². The molecule has 1 aromatic rings. The molecule has 1 aromatic heterocycles. The summed E-state index contributed by atoms with van der Waals surface area (Å²) in [6.07, 6.45) is 2.54. The third-order valence-electron chi connectivity index (χ3n) is 3.20. The zero-order chi connectivity index (χ0) is 13.8. The second-order valence-electron chi connectivity index (χ2n) is 5.27. The first-order valence-corrected chi connectivity index (χ1v) is 6.77. The van der Waals surface area contributed by atoms with Gasteiger partial charge in [-0.3, -0.25) is 0 Å². The van der Waals surface area contributed by atoms with Crippen molar-refractivity contribution in [3.63, 3.8) is 0 Å². The van der Waals surface area contributed by atoms with E-state index in [-0.39, 0.29) is 6.10 Å². The van der Waals surface area contributed by atoms with Gasteiger partial charge in [-0.25, -0.2) is 4.98 Å². The van der Waals surface area contributed by atoms with Gasteiger partial charge in [0.25, 0.3) is 0 Å². The minimum Gasteiger partial charge on any atom is -0.488 e. The molecule has 0 saturated heterocycles. The largest absolute Gasteiger partial charge is 0.488 e.